The van der Waals surface area contributed by atoms with Crippen LogP contribution in [0.15, 0.2) is 18.3 Å². The Morgan fingerprint density at radius 3 is 2.53 bits per heavy atom. The largest absolute Gasteiger partial charge is 0.417 e. The molecule has 1 heterocycles. The molecule has 7 heteroatoms. The summed E-state index contributed by atoms with van der Waals surface area (Å²) < 4.78 is 36.6. The second kappa shape index (κ2) is 5.51. The molecule has 4 nitrogen and oxygen atoms in total. The summed E-state index contributed by atoms with van der Waals surface area (Å²) in [4.78, 5) is 14.1. The first-order chi connectivity index (χ1) is 7.89. The molecule has 0 aliphatic rings. The summed E-state index contributed by atoms with van der Waals surface area (Å²) in [5.74, 6) is 0.176. The van der Waals surface area contributed by atoms with E-state index in [2.05, 4.69) is 15.6 Å². The number of halogens is 3. The highest BCUT2D eigenvalue weighted by atomic mass is 19.4. The fraction of sp³-hybridized carbons (Fsp3) is 0.400. The van der Waals surface area contributed by atoms with Gasteiger partial charge >= 0.3 is 6.18 Å². The minimum atomic E-state index is -4.37. The topological polar surface area (TPSA) is 54.0 Å². The van der Waals surface area contributed by atoms with E-state index in [4.69, 9.17) is 0 Å². The van der Waals surface area contributed by atoms with Gasteiger partial charge in [0.25, 0.3) is 0 Å². The van der Waals surface area contributed by atoms with Crippen LogP contribution >= 0.6 is 0 Å². The minimum absolute atomic E-state index is 0.160. The molecular formula is C10H12F3N3O. The van der Waals surface area contributed by atoms with E-state index in [1.54, 1.807) is 0 Å². The number of aromatic nitrogens is 1. The lowest BCUT2D eigenvalue weighted by atomic mass is 10.3. The molecular weight excluding hydrogens is 235 g/mol. The minimum Gasteiger partial charge on any atom is -0.368 e. The van der Waals surface area contributed by atoms with Gasteiger partial charge in [0.05, 0.1) is 5.56 Å². The molecule has 0 bridgehead atoms. The fourth-order valence-corrected chi connectivity index (χ4v) is 1.10. The maximum absolute atomic E-state index is 12.2. The molecule has 0 unspecified atom stereocenters. The summed E-state index contributed by atoms with van der Waals surface area (Å²) in [6.07, 6.45) is -3.61. The van der Waals surface area contributed by atoms with Gasteiger partial charge in [0.2, 0.25) is 5.91 Å². The van der Waals surface area contributed by atoms with Gasteiger partial charge in [-0.2, -0.15) is 13.2 Å². The maximum Gasteiger partial charge on any atom is 0.417 e. The highest BCUT2D eigenvalue weighted by Gasteiger charge is 2.30. The number of anilines is 1. The van der Waals surface area contributed by atoms with Crippen LogP contribution in [0.4, 0.5) is 19.0 Å². The zero-order chi connectivity index (χ0) is 12.9. The first-order valence-corrected chi connectivity index (χ1v) is 4.91. The highest BCUT2D eigenvalue weighted by molar-refractivity contribution is 5.72. The zero-order valence-electron chi connectivity index (χ0n) is 9.14. The van der Waals surface area contributed by atoms with Gasteiger partial charge in [-0.3, -0.25) is 4.79 Å². The number of rotatable bonds is 4. The van der Waals surface area contributed by atoms with Crippen molar-refractivity contribution in [2.45, 2.75) is 13.1 Å². The molecule has 0 aliphatic heterocycles. The Morgan fingerprint density at radius 2 is 2.06 bits per heavy atom. The van der Waals surface area contributed by atoms with E-state index in [1.807, 2.05) is 0 Å². The second-order valence-electron chi connectivity index (χ2n) is 3.34. The molecule has 94 valence electrons. The number of carbonyl (C=O) groups excluding carboxylic acids is 1. The lowest BCUT2D eigenvalue weighted by Crippen LogP contribution is -2.26. The van der Waals surface area contributed by atoms with E-state index >= 15 is 0 Å². The van der Waals surface area contributed by atoms with Crippen molar-refractivity contribution in [1.29, 1.82) is 0 Å². The van der Waals surface area contributed by atoms with Crippen LogP contribution in [0.3, 0.4) is 0 Å². The van der Waals surface area contributed by atoms with Crippen LogP contribution in [0.1, 0.15) is 12.5 Å². The van der Waals surface area contributed by atoms with E-state index in [-0.39, 0.29) is 5.91 Å². The van der Waals surface area contributed by atoms with Crippen LogP contribution in [0.2, 0.25) is 0 Å². The van der Waals surface area contributed by atoms with Crippen molar-refractivity contribution in [2.75, 3.05) is 18.4 Å². The number of alkyl halides is 3. The second-order valence-corrected chi connectivity index (χ2v) is 3.34. The molecule has 0 saturated heterocycles. The normalized spacial score (nSPS) is 11.1. The molecule has 1 aromatic rings. The maximum atomic E-state index is 12.2. The van der Waals surface area contributed by atoms with E-state index in [0.717, 1.165) is 12.3 Å². The fourth-order valence-electron chi connectivity index (χ4n) is 1.10. The molecule has 0 spiro atoms. The van der Waals surface area contributed by atoms with Crippen molar-refractivity contribution >= 4 is 11.7 Å². The van der Waals surface area contributed by atoms with Gasteiger partial charge in [-0.15, -0.1) is 0 Å². The van der Waals surface area contributed by atoms with Crippen LogP contribution in [0, 0.1) is 0 Å². The highest BCUT2D eigenvalue weighted by Crippen LogP contribution is 2.28. The van der Waals surface area contributed by atoms with Gasteiger partial charge in [-0.05, 0) is 12.1 Å². The van der Waals surface area contributed by atoms with Gasteiger partial charge in [0.15, 0.2) is 0 Å². The third-order valence-electron chi connectivity index (χ3n) is 1.90. The number of carbonyl (C=O) groups is 1. The summed E-state index contributed by atoms with van der Waals surface area (Å²) in [6.45, 7) is 2.17. The summed E-state index contributed by atoms with van der Waals surface area (Å²) in [7, 11) is 0. The van der Waals surface area contributed by atoms with Crippen LogP contribution in [-0.2, 0) is 11.0 Å². The monoisotopic (exact) mass is 247 g/mol. The van der Waals surface area contributed by atoms with Crippen molar-refractivity contribution in [3.63, 3.8) is 0 Å². The third kappa shape index (κ3) is 4.71. The van der Waals surface area contributed by atoms with E-state index < -0.39 is 11.7 Å². The first kappa shape index (κ1) is 13.3. The van der Waals surface area contributed by atoms with E-state index in [1.165, 1.54) is 13.0 Å². The lowest BCUT2D eigenvalue weighted by Gasteiger charge is -2.08. The van der Waals surface area contributed by atoms with Gasteiger partial charge in [-0.25, -0.2) is 4.98 Å². The number of nitrogens with one attached hydrogen (secondary N) is 2. The average molecular weight is 247 g/mol. The van der Waals surface area contributed by atoms with Crippen LogP contribution < -0.4 is 10.6 Å². The smallest absolute Gasteiger partial charge is 0.368 e. The summed E-state index contributed by atoms with van der Waals surface area (Å²) in [6, 6.07) is 2.20. The molecule has 0 atom stereocenters. The van der Waals surface area contributed by atoms with Crippen molar-refractivity contribution in [3.05, 3.63) is 23.9 Å². The quantitative estimate of drug-likeness (QED) is 0.795. The molecule has 1 amide bonds. The number of pyridine rings is 1. The predicted molar refractivity (Wildman–Crippen MR) is 56.4 cm³/mol. The van der Waals surface area contributed by atoms with Crippen molar-refractivity contribution in [1.82, 2.24) is 10.3 Å². The molecule has 1 aromatic heterocycles. The molecule has 0 fully saturated rings. The number of hydrogen-bond donors (Lipinski definition) is 2. The molecule has 0 aromatic carbocycles. The molecule has 2 N–H and O–H groups in total. The average Bonchev–Trinajstić information content (AvgIpc) is 2.23. The zero-order valence-corrected chi connectivity index (χ0v) is 9.14. The van der Waals surface area contributed by atoms with Gasteiger partial charge in [0, 0.05) is 26.2 Å². The first-order valence-electron chi connectivity index (χ1n) is 4.91. The van der Waals surface area contributed by atoms with E-state index in [9.17, 15) is 18.0 Å². The van der Waals surface area contributed by atoms with Crippen LogP contribution in [0.5, 0.6) is 0 Å². The number of nitrogens with zero attached hydrogens (tertiary/aromatic N) is 1. The van der Waals surface area contributed by atoms with Gasteiger partial charge < -0.3 is 10.6 Å². The number of hydrogen-bond acceptors (Lipinski definition) is 3. The van der Waals surface area contributed by atoms with Crippen molar-refractivity contribution < 1.29 is 18.0 Å². The standard InChI is InChI=1S/C10H12F3N3O/c1-7(17)14-4-5-15-9-3-2-8(6-16-9)10(11,12)13/h2-3,6H,4-5H2,1H3,(H,14,17)(H,15,16). The molecule has 17 heavy (non-hydrogen) atoms. The summed E-state index contributed by atoms with van der Waals surface area (Å²) >= 11 is 0. The summed E-state index contributed by atoms with van der Waals surface area (Å²) in [5, 5.41) is 5.33. The third-order valence-corrected chi connectivity index (χ3v) is 1.90. The lowest BCUT2D eigenvalue weighted by molar-refractivity contribution is -0.137. The Hall–Kier alpha value is -1.79. The van der Waals surface area contributed by atoms with Crippen LogP contribution in [0.25, 0.3) is 0 Å². The van der Waals surface area contributed by atoms with Gasteiger partial charge in [0.1, 0.15) is 5.82 Å². The SMILES string of the molecule is CC(=O)NCCNc1ccc(C(F)(F)F)cn1. The Kier molecular flexibility index (Phi) is 4.30. The summed E-state index contributed by atoms with van der Waals surface area (Å²) in [5.41, 5.74) is -0.787. The Balaban J connectivity index is 2.43. The number of amides is 1. The Morgan fingerprint density at radius 1 is 1.35 bits per heavy atom. The van der Waals surface area contributed by atoms with Gasteiger partial charge in [-0.1, -0.05) is 0 Å². The van der Waals surface area contributed by atoms with E-state index in [0.29, 0.717) is 18.9 Å². The predicted octanol–water partition coefficient (Wildman–Crippen LogP) is 1.65. The Bertz CT molecular complexity index is 375. The molecule has 1 rings (SSSR count). The molecule has 0 aliphatic carbocycles. The van der Waals surface area contributed by atoms with Crippen LogP contribution in [-0.4, -0.2) is 24.0 Å². The van der Waals surface area contributed by atoms with Crippen molar-refractivity contribution in [2.24, 2.45) is 0 Å². The van der Waals surface area contributed by atoms with Crippen molar-refractivity contribution in [3.8, 4) is 0 Å². The molecule has 0 saturated carbocycles. The molecule has 0 radical (unpaired) electrons. The Labute approximate surface area is 96.2 Å².